The Morgan fingerprint density at radius 3 is 1.30 bits per heavy atom. The smallest absolute Gasteiger partial charge is 0.207 e. The fourth-order valence-electron chi connectivity index (χ4n) is 18.3. The van der Waals surface area contributed by atoms with Gasteiger partial charge in [-0.15, -0.1) is 0 Å². The molecule has 5 aliphatic heterocycles. The Hall–Kier alpha value is -8.29. The van der Waals surface area contributed by atoms with Crippen LogP contribution in [0.3, 0.4) is 0 Å². The molecule has 0 atom stereocenters. The second kappa shape index (κ2) is 23.8. The lowest BCUT2D eigenvalue weighted by atomic mass is 9.84. The average Bonchev–Trinajstić information content (AvgIpc) is 1.81. The average molecular weight is 1270 g/mol. The monoisotopic (exact) mass is 1270 g/mol. The molecule has 486 valence electrons. The van der Waals surface area contributed by atoms with Crippen LogP contribution >= 0.6 is 0 Å². The minimum atomic E-state index is -0.148. The van der Waals surface area contributed by atoms with Crippen molar-refractivity contribution in [2.45, 2.75) is 221 Å². The Balaban J connectivity index is 0.0000000944. The normalized spacial score (nSPS) is 17.6. The summed E-state index contributed by atoms with van der Waals surface area (Å²) >= 11 is 0. The van der Waals surface area contributed by atoms with Gasteiger partial charge in [-0.3, -0.25) is 0 Å². The number of hydrogen-bond acceptors (Lipinski definition) is 0. The van der Waals surface area contributed by atoms with E-state index in [-0.39, 0.29) is 27.9 Å². The van der Waals surface area contributed by atoms with Gasteiger partial charge in [0.15, 0.2) is 32.7 Å². The van der Waals surface area contributed by atoms with Gasteiger partial charge >= 0.3 is 0 Å². The zero-order valence-corrected chi connectivity index (χ0v) is 58.9. The molecule has 0 saturated heterocycles. The quantitative estimate of drug-likeness (QED) is 0.135. The third-order valence-corrected chi connectivity index (χ3v) is 23.2. The number of aromatic nitrogens is 5. The van der Waals surface area contributed by atoms with Crippen LogP contribution in [0.15, 0.2) is 167 Å². The predicted octanol–water partition coefficient (Wildman–Crippen LogP) is 20.2. The fourth-order valence-corrected chi connectivity index (χ4v) is 18.3. The standard InChI is InChI=1S/3C19H22N.2C16H15FN/c1-19(2,3)16-8-5-9-17-15(16)10-11-18-14-7-4-6-13(14)12-20(17)18;1-19(2,3)16-11-18-14-9-6-7-13(14)12-20(18)17-10-5-4-8-15(16)17;1-19(2,3)15-8-10-17-13(11-15)7-9-18-16-6-4-5-14(16)12-20(17)18;1-10-7-16-13-4-2-3-11(13)9-18(16)15-6-5-12(17)8-14(10)15;1-10-5-6-15-13(7-10)14(17)8-16-12-4-2-3-11(12)9-18(15)16/h5,8-11H,4,6-7,12H2,1-3H3;4-5,8,10-11H,6-7,9,12H2,1-3H3;7-11H,4-6,12H2,1-3H3;2*5-8H,2-4,9H2,1H3/q5*+1. The molecule has 0 spiro atoms. The van der Waals surface area contributed by atoms with Gasteiger partial charge in [-0.05, 0) is 197 Å². The number of para-hydroxylation sites is 1. The molecule has 5 aliphatic carbocycles. The molecular formula is C89H96F2N5+5. The summed E-state index contributed by atoms with van der Waals surface area (Å²) in [5.41, 5.74) is 36.6. The van der Waals surface area contributed by atoms with Crippen LogP contribution in [-0.4, -0.2) is 0 Å². The number of fused-ring (bicyclic) bond motifs is 20. The van der Waals surface area contributed by atoms with Gasteiger partial charge in [-0.1, -0.05) is 98.7 Å². The number of aryl methyl sites for hydroxylation is 2. The van der Waals surface area contributed by atoms with Gasteiger partial charge in [0.2, 0.25) is 56.1 Å². The fraction of sp³-hybridized carbons (Fsp3) is 0.382. The zero-order chi connectivity index (χ0) is 66.3. The van der Waals surface area contributed by atoms with Crippen molar-refractivity contribution in [3.63, 3.8) is 0 Å². The number of pyridine rings is 5. The molecule has 10 aliphatic rings. The Morgan fingerprint density at radius 2 is 0.750 bits per heavy atom. The summed E-state index contributed by atoms with van der Waals surface area (Å²) in [7, 11) is 0. The Kier molecular flexibility index (Phi) is 15.5. The highest BCUT2D eigenvalue weighted by atomic mass is 19.1. The minimum absolute atomic E-state index is 0.0828. The summed E-state index contributed by atoms with van der Waals surface area (Å²) in [6.45, 7) is 30.2. The second-order valence-electron chi connectivity index (χ2n) is 32.5. The van der Waals surface area contributed by atoms with Crippen LogP contribution in [0.5, 0.6) is 0 Å². The maximum Gasteiger partial charge on any atom is 0.216 e. The van der Waals surface area contributed by atoms with Gasteiger partial charge in [0, 0.05) is 122 Å². The molecule has 5 nitrogen and oxygen atoms in total. The van der Waals surface area contributed by atoms with Crippen molar-refractivity contribution in [2.75, 3.05) is 0 Å². The highest BCUT2D eigenvalue weighted by Crippen LogP contribution is 2.44. The summed E-state index contributed by atoms with van der Waals surface area (Å²) < 4.78 is 39.8. The van der Waals surface area contributed by atoms with Crippen LogP contribution in [0.4, 0.5) is 8.78 Å². The predicted molar refractivity (Wildman–Crippen MR) is 390 cm³/mol. The minimum Gasteiger partial charge on any atom is -0.207 e. The molecular weight excluding hydrogens is 1180 g/mol. The van der Waals surface area contributed by atoms with Gasteiger partial charge in [0.1, 0.15) is 11.6 Å². The number of nitrogens with zero attached hydrogens (tertiary/aromatic N) is 5. The largest absolute Gasteiger partial charge is 0.216 e. The summed E-state index contributed by atoms with van der Waals surface area (Å²) in [4.78, 5) is 0. The van der Waals surface area contributed by atoms with Crippen molar-refractivity contribution in [1.82, 2.24) is 0 Å². The Labute approximate surface area is 567 Å². The first-order valence-corrected chi connectivity index (χ1v) is 36.3. The van der Waals surface area contributed by atoms with E-state index in [1.165, 1.54) is 184 Å². The van der Waals surface area contributed by atoms with E-state index in [1.54, 1.807) is 62.8 Å². The van der Waals surface area contributed by atoms with Gasteiger partial charge < -0.3 is 0 Å². The summed E-state index contributed by atoms with van der Waals surface area (Å²) in [5, 5.41) is 6.01. The van der Waals surface area contributed by atoms with Crippen molar-refractivity contribution in [1.29, 1.82) is 0 Å². The van der Waals surface area contributed by atoms with Crippen molar-refractivity contribution in [3.05, 3.63) is 235 Å². The molecule has 0 fully saturated rings. The molecule has 10 aromatic rings. The lowest BCUT2D eigenvalue weighted by molar-refractivity contribution is -0.661. The van der Waals surface area contributed by atoms with Gasteiger partial charge in [0.05, 0.1) is 21.5 Å². The molecule has 10 heterocycles. The second-order valence-corrected chi connectivity index (χ2v) is 32.5. The molecule has 20 rings (SSSR count). The van der Waals surface area contributed by atoms with Crippen molar-refractivity contribution < 1.29 is 31.6 Å². The lowest BCUT2D eigenvalue weighted by Crippen LogP contribution is -2.37. The maximum atomic E-state index is 14.2. The van der Waals surface area contributed by atoms with E-state index >= 15 is 0 Å². The Bertz CT molecular complexity index is 5010. The number of benzene rings is 5. The Morgan fingerprint density at radius 1 is 0.312 bits per heavy atom. The van der Waals surface area contributed by atoms with Crippen LogP contribution < -0.4 is 22.8 Å². The molecule has 0 N–H and O–H groups in total. The van der Waals surface area contributed by atoms with E-state index in [0.717, 1.165) is 66.7 Å². The van der Waals surface area contributed by atoms with Crippen molar-refractivity contribution in [2.24, 2.45) is 0 Å². The van der Waals surface area contributed by atoms with Crippen LogP contribution in [0, 0.1) is 25.5 Å². The number of rotatable bonds is 0. The molecule has 0 amide bonds. The van der Waals surface area contributed by atoms with Crippen LogP contribution in [-0.2, 0) is 49.0 Å². The molecule has 5 aromatic heterocycles. The first kappa shape index (κ1) is 62.5. The molecule has 96 heavy (non-hydrogen) atoms. The SMILES string of the molecule is CC(C)(C)c1cc2[n+](c3ccccc13)CC1=C2CCC1.CC(C)(C)c1ccc2c(ccc3[n+]2CC2=C3CCC2)c1.CC(C)(C)c1cccc2c1ccc1[n+]2CC2=C1CCC2.Cc1cc2[n+](c3ccc(F)cc13)CC1=C2CCC1.Cc1ccc2c(c1)c(F)cc1[n+]2CC2=C1CCC2. The van der Waals surface area contributed by atoms with E-state index < -0.39 is 0 Å². The highest BCUT2D eigenvalue weighted by molar-refractivity contribution is 5.87. The third-order valence-electron chi connectivity index (χ3n) is 23.2. The highest BCUT2D eigenvalue weighted by Gasteiger charge is 2.40. The van der Waals surface area contributed by atoms with E-state index in [4.69, 9.17) is 0 Å². The van der Waals surface area contributed by atoms with Crippen molar-refractivity contribution in [3.8, 4) is 0 Å². The van der Waals surface area contributed by atoms with Crippen LogP contribution in [0.1, 0.15) is 215 Å². The third kappa shape index (κ3) is 10.9. The molecule has 7 heteroatoms. The van der Waals surface area contributed by atoms with Gasteiger partial charge in [-0.25, -0.2) is 8.78 Å². The molecule has 5 aromatic carbocycles. The maximum absolute atomic E-state index is 14.2. The van der Waals surface area contributed by atoms with E-state index in [1.807, 2.05) is 19.1 Å². The van der Waals surface area contributed by atoms with Crippen LogP contribution in [0.2, 0.25) is 0 Å². The molecule has 0 bridgehead atoms. The molecule has 0 radical (unpaired) electrons. The summed E-state index contributed by atoms with van der Waals surface area (Å²) in [6, 6.07) is 49.7. The van der Waals surface area contributed by atoms with Gasteiger partial charge in [0.25, 0.3) is 0 Å². The topological polar surface area (TPSA) is 19.4 Å². The zero-order valence-electron chi connectivity index (χ0n) is 58.9. The van der Waals surface area contributed by atoms with E-state index in [0.29, 0.717) is 0 Å². The molecule has 0 saturated carbocycles. The van der Waals surface area contributed by atoms with Crippen molar-refractivity contribution >= 4 is 82.4 Å². The number of allylic oxidation sites excluding steroid dienone is 10. The lowest BCUT2D eigenvalue weighted by Gasteiger charge is -2.21. The number of halogens is 2. The first-order valence-electron chi connectivity index (χ1n) is 36.3. The van der Waals surface area contributed by atoms with Gasteiger partial charge in [-0.2, -0.15) is 22.8 Å². The first-order chi connectivity index (χ1) is 46.1. The number of hydrogen-bond donors (Lipinski definition) is 0. The summed E-state index contributed by atoms with van der Waals surface area (Å²) in [6.07, 6.45) is 19.1. The molecule has 0 unspecified atom stereocenters. The summed E-state index contributed by atoms with van der Waals surface area (Å²) in [5.74, 6) is -0.231. The van der Waals surface area contributed by atoms with E-state index in [2.05, 4.69) is 201 Å². The van der Waals surface area contributed by atoms with Crippen LogP contribution in [0.25, 0.3) is 82.4 Å². The van der Waals surface area contributed by atoms with E-state index in [9.17, 15) is 8.78 Å².